The van der Waals surface area contributed by atoms with Crippen molar-refractivity contribution in [1.29, 1.82) is 0 Å². The lowest BCUT2D eigenvalue weighted by atomic mass is 9.90. The standard InChI is InChI=1S/C31H32O13/c1-35-16-13-17(36-2)24(38-4)21-20(16)25(39-5)22-28(27(21)41-7)44-31(29(22)33)10-9-14-11-15(12-18(32)37-3)19(30(34)42-8)26(40-6)23(14)43-31/h11,13H,9-10,12H2,1-8H3. The SMILES string of the molecule is COC(=O)Cc1cc2c(c(OC)c1C(=O)OC)OC1(CC2)Oc2c(c(OC)c3c(OC)cc(OC)c(OC)c3c2OC)C1=O. The summed E-state index contributed by atoms with van der Waals surface area (Å²) in [6.45, 7) is 0. The number of carbonyl (C=O) groups is 3. The Labute approximate surface area is 252 Å². The molecule has 0 aromatic heterocycles. The number of benzene rings is 3. The van der Waals surface area contributed by atoms with Crippen molar-refractivity contribution in [1.82, 2.24) is 0 Å². The van der Waals surface area contributed by atoms with E-state index in [9.17, 15) is 14.4 Å². The lowest BCUT2D eigenvalue weighted by molar-refractivity contribution is -0.139. The molecule has 0 saturated carbocycles. The highest BCUT2D eigenvalue weighted by Crippen LogP contribution is 2.59. The van der Waals surface area contributed by atoms with Crippen LogP contribution in [0.25, 0.3) is 10.8 Å². The average Bonchev–Trinajstić information content (AvgIpc) is 3.32. The molecule has 44 heavy (non-hydrogen) atoms. The van der Waals surface area contributed by atoms with Gasteiger partial charge in [0.15, 0.2) is 34.5 Å². The molecule has 0 aliphatic carbocycles. The van der Waals surface area contributed by atoms with Gasteiger partial charge in [-0.1, -0.05) is 6.07 Å². The molecule has 234 valence electrons. The van der Waals surface area contributed by atoms with Crippen LogP contribution in [0.15, 0.2) is 12.1 Å². The summed E-state index contributed by atoms with van der Waals surface area (Å²) in [5.74, 6) is -2.33. The number of esters is 2. The van der Waals surface area contributed by atoms with Gasteiger partial charge in [-0.15, -0.1) is 0 Å². The molecule has 13 heteroatoms. The molecule has 2 aliphatic heterocycles. The molecule has 3 aromatic carbocycles. The number of aryl methyl sites for hydroxylation is 1. The summed E-state index contributed by atoms with van der Waals surface area (Å²) < 4.78 is 56.8. The normalized spacial score (nSPS) is 16.3. The minimum Gasteiger partial charge on any atom is -0.496 e. The maximum atomic E-state index is 14.4. The Morgan fingerprint density at radius 2 is 1.36 bits per heavy atom. The largest absolute Gasteiger partial charge is 0.496 e. The van der Waals surface area contributed by atoms with E-state index in [1.54, 1.807) is 12.1 Å². The van der Waals surface area contributed by atoms with Crippen molar-refractivity contribution >= 4 is 28.5 Å². The van der Waals surface area contributed by atoms with Gasteiger partial charge in [-0.05, 0) is 17.5 Å². The highest BCUT2D eigenvalue weighted by atomic mass is 16.7. The number of methoxy groups -OCH3 is 8. The Morgan fingerprint density at radius 1 is 0.727 bits per heavy atom. The van der Waals surface area contributed by atoms with Gasteiger partial charge in [0.1, 0.15) is 22.6 Å². The quantitative estimate of drug-likeness (QED) is 0.324. The summed E-state index contributed by atoms with van der Waals surface area (Å²) in [6.07, 6.45) is 0.0997. The van der Waals surface area contributed by atoms with Gasteiger partial charge >= 0.3 is 17.7 Å². The van der Waals surface area contributed by atoms with Gasteiger partial charge in [-0.25, -0.2) is 4.79 Å². The molecule has 13 nitrogen and oxygen atoms in total. The lowest BCUT2D eigenvalue weighted by Crippen LogP contribution is -2.48. The average molecular weight is 613 g/mol. The van der Waals surface area contributed by atoms with Crippen LogP contribution in [0.1, 0.15) is 38.3 Å². The first kappa shape index (κ1) is 30.4. The van der Waals surface area contributed by atoms with Crippen LogP contribution in [0.5, 0.6) is 46.0 Å². The number of ketones is 1. The molecule has 1 unspecified atom stereocenters. The Morgan fingerprint density at radius 3 is 1.93 bits per heavy atom. The van der Waals surface area contributed by atoms with Crippen LogP contribution in [-0.4, -0.2) is 80.4 Å². The van der Waals surface area contributed by atoms with Crippen LogP contribution in [0.2, 0.25) is 0 Å². The molecular formula is C31H32O13. The highest BCUT2D eigenvalue weighted by molar-refractivity contribution is 6.18. The highest BCUT2D eigenvalue weighted by Gasteiger charge is 2.56. The molecular weight excluding hydrogens is 580 g/mol. The fourth-order valence-corrected chi connectivity index (χ4v) is 5.82. The zero-order valence-electron chi connectivity index (χ0n) is 25.6. The van der Waals surface area contributed by atoms with Crippen LogP contribution < -0.4 is 37.9 Å². The molecule has 3 aromatic rings. The van der Waals surface area contributed by atoms with Crippen LogP contribution in [0.3, 0.4) is 0 Å². The minimum atomic E-state index is -1.89. The monoisotopic (exact) mass is 612 g/mol. The van der Waals surface area contributed by atoms with E-state index in [0.29, 0.717) is 39.1 Å². The van der Waals surface area contributed by atoms with Crippen molar-refractivity contribution in [3.63, 3.8) is 0 Å². The number of carbonyl (C=O) groups excluding carboxylic acids is 3. The van der Waals surface area contributed by atoms with E-state index in [4.69, 9.17) is 47.4 Å². The number of ether oxygens (including phenoxy) is 10. The van der Waals surface area contributed by atoms with Crippen LogP contribution in [-0.2, 0) is 27.1 Å². The van der Waals surface area contributed by atoms with Crippen molar-refractivity contribution in [2.24, 2.45) is 0 Å². The van der Waals surface area contributed by atoms with Crippen LogP contribution in [0, 0.1) is 0 Å². The zero-order valence-corrected chi connectivity index (χ0v) is 25.6. The number of hydrogen-bond donors (Lipinski definition) is 0. The van der Waals surface area contributed by atoms with Gasteiger partial charge in [0.25, 0.3) is 5.78 Å². The Balaban J connectivity index is 1.75. The first-order chi connectivity index (χ1) is 21.2. The summed E-state index contributed by atoms with van der Waals surface area (Å²) in [7, 11) is 11.1. The van der Waals surface area contributed by atoms with Crippen LogP contribution in [0.4, 0.5) is 0 Å². The molecule has 2 heterocycles. The Hall–Kier alpha value is -5.07. The maximum Gasteiger partial charge on any atom is 0.342 e. The molecule has 0 saturated heterocycles. The summed E-state index contributed by atoms with van der Waals surface area (Å²) in [4.78, 5) is 39.5. The third kappa shape index (κ3) is 4.33. The lowest BCUT2D eigenvalue weighted by Gasteiger charge is -2.34. The van der Waals surface area contributed by atoms with Crippen molar-refractivity contribution in [2.45, 2.75) is 25.0 Å². The van der Waals surface area contributed by atoms with E-state index >= 15 is 0 Å². The first-order valence-electron chi connectivity index (χ1n) is 13.4. The van der Waals surface area contributed by atoms with E-state index < -0.39 is 23.5 Å². The Kier molecular flexibility index (Phi) is 7.98. The Bertz CT molecular complexity index is 1690. The number of Topliss-reactive ketones (excluding diaryl/α,β-unsaturated/α-hetero) is 1. The van der Waals surface area contributed by atoms with Crippen molar-refractivity contribution in [2.75, 3.05) is 56.9 Å². The van der Waals surface area contributed by atoms with Gasteiger partial charge in [0.2, 0.25) is 0 Å². The molecule has 0 fully saturated rings. The minimum absolute atomic E-state index is 0.0168. The third-order valence-corrected chi connectivity index (χ3v) is 7.76. The van der Waals surface area contributed by atoms with Gasteiger partial charge in [0.05, 0.1) is 74.1 Å². The van der Waals surface area contributed by atoms with Gasteiger partial charge in [-0.2, -0.15) is 0 Å². The summed E-state index contributed by atoms with van der Waals surface area (Å²) >= 11 is 0. The summed E-state index contributed by atoms with van der Waals surface area (Å²) in [5, 5.41) is 0.785. The van der Waals surface area contributed by atoms with Crippen LogP contribution >= 0.6 is 0 Å². The number of fused-ring (bicyclic) bond motifs is 3. The van der Waals surface area contributed by atoms with E-state index in [2.05, 4.69) is 0 Å². The van der Waals surface area contributed by atoms with Crippen molar-refractivity contribution in [3.8, 4) is 46.0 Å². The van der Waals surface area contributed by atoms with E-state index in [0.717, 1.165) is 0 Å². The topological polar surface area (TPSA) is 144 Å². The number of hydrogen-bond acceptors (Lipinski definition) is 13. The van der Waals surface area contributed by atoms with E-state index in [1.807, 2.05) is 0 Å². The van der Waals surface area contributed by atoms with Gasteiger partial charge in [0, 0.05) is 12.5 Å². The van der Waals surface area contributed by atoms with Gasteiger partial charge < -0.3 is 47.4 Å². The predicted molar refractivity (Wildman–Crippen MR) is 153 cm³/mol. The molecule has 5 rings (SSSR count). The second-order valence-electron chi connectivity index (χ2n) is 9.80. The second-order valence-corrected chi connectivity index (χ2v) is 9.80. The third-order valence-electron chi connectivity index (χ3n) is 7.76. The predicted octanol–water partition coefficient (Wildman–Crippen LogP) is 3.69. The van der Waals surface area contributed by atoms with Crippen molar-refractivity contribution in [3.05, 3.63) is 34.4 Å². The van der Waals surface area contributed by atoms with E-state index in [-0.39, 0.29) is 59.1 Å². The van der Waals surface area contributed by atoms with Crippen molar-refractivity contribution < 1.29 is 61.8 Å². The summed E-state index contributed by atoms with van der Waals surface area (Å²) in [6, 6.07) is 3.25. The van der Waals surface area contributed by atoms with Gasteiger partial charge in [-0.3, -0.25) is 9.59 Å². The molecule has 0 amide bonds. The fourth-order valence-electron chi connectivity index (χ4n) is 5.82. The second kappa shape index (κ2) is 11.5. The molecule has 0 N–H and O–H groups in total. The molecule has 1 atom stereocenters. The maximum absolute atomic E-state index is 14.4. The zero-order chi connectivity index (χ0) is 31.9. The summed E-state index contributed by atoms with van der Waals surface area (Å²) in [5.41, 5.74) is 0.939. The smallest absolute Gasteiger partial charge is 0.342 e. The molecule has 2 aliphatic rings. The molecule has 0 radical (unpaired) electrons. The van der Waals surface area contributed by atoms with E-state index in [1.165, 1.54) is 56.9 Å². The molecule has 0 bridgehead atoms. The molecule has 1 spiro atoms. The first-order valence-corrected chi connectivity index (χ1v) is 13.4. The fraction of sp³-hybridized carbons (Fsp3) is 0.387. The number of rotatable bonds is 9.